The van der Waals surface area contributed by atoms with Crippen LogP contribution >= 0.6 is 0 Å². The minimum atomic E-state index is -1.13. The summed E-state index contributed by atoms with van der Waals surface area (Å²) in [5, 5.41) is 21.0. The lowest BCUT2D eigenvalue weighted by Crippen LogP contribution is -2.27. The Kier molecular flexibility index (Phi) is 10.0. The molecule has 0 aromatic heterocycles. The highest BCUT2D eigenvalue weighted by Crippen LogP contribution is 2.21. The number of anilines is 2. The van der Waals surface area contributed by atoms with Crippen molar-refractivity contribution in [3.8, 4) is 0 Å². The number of benzene rings is 3. The molecule has 0 aliphatic carbocycles. The van der Waals surface area contributed by atoms with Gasteiger partial charge in [-0.1, -0.05) is 36.4 Å². The largest absolute Gasteiger partial charge is 0.372 e. The molecule has 0 spiro atoms. The van der Waals surface area contributed by atoms with Crippen LogP contribution in [0.1, 0.15) is 43.8 Å². The first-order chi connectivity index (χ1) is 17.4. The topological polar surface area (TPSA) is 79.1 Å². The fourth-order valence-electron chi connectivity index (χ4n) is 3.97. The molecule has 0 saturated heterocycles. The van der Waals surface area contributed by atoms with Crippen LogP contribution in [0.5, 0.6) is 0 Å². The van der Waals surface area contributed by atoms with Crippen molar-refractivity contribution in [2.24, 2.45) is 0 Å². The fourth-order valence-corrected chi connectivity index (χ4v) is 3.97. The van der Waals surface area contributed by atoms with Gasteiger partial charge in [0, 0.05) is 55.2 Å². The Morgan fingerprint density at radius 2 is 1.28 bits per heavy atom. The molecule has 0 aliphatic rings. The molecule has 0 aliphatic heterocycles. The van der Waals surface area contributed by atoms with E-state index in [9.17, 15) is 15.2 Å². The number of likely N-dealkylation sites (N-methyl/N-ethyl adjacent to an activating group) is 1. The smallest absolute Gasteiger partial charge is 0.269 e. The first-order valence-electron chi connectivity index (χ1n) is 12.4. The van der Waals surface area contributed by atoms with Crippen LogP contribution in [-0.2, 0) is 4.74 Å². The van der Waals surface area contributed by atoms with Crippen molar-refractivity contribution in [1.29, 1.82) is 0 Å². The molecule has 36 heavy (non-hydrogen) atoms. The molecule has 0 fully saturated rings. The van der Waals surface area contributed by atoms with Gasteiger partial charge in [-0.25, -0.2) is 0 Å². The van der Waals surface area contributed by atoms with Crippen LogP contribution < -0.4 is 9.80 Å². The molecule has 0 unspecified atom stereocenters. The molecule has 0 amide bonds. The van der Waals surface area contributed by atoms with E-state index in [1.54, 1.807) is 0 Å². The maximum atomic E-state index is 10.8. The summed E-state index contributed by atoms with van der Waals surface area (Å²) in [7, 11) is 0. The van der Waals surface area contributed by atoms with Gasteiger partial charge in [0.05, 0.1) is 11.5 Å². The van der Waals surface area contributed by atoms with Crippen molar-refractivity contribution < 1.29 is 14.8 Å². The van der Waals surface area contributed by atoms with Gasteiger partial charge in [0.2, 0.25) is 0 Å². The van der Waals surface area contributed by atoms with Gasteiger partial charge in [0.15, 0.2) is 6.29 Å². The van der Waals surface area contributed by atoms with Crippen molar-refractivity contribution >= 4 is 29.2 Å². The molecule has 190 valence electrons. The van der Waals surface area contributed by atoms with E-state index >= 15 is 0 Å². The molecule has 3 rings (SSSR count). The van der Waals surface area contributed by atoms with Crippen LogP contribution in [0.2, 0.25) is 0 Å². The molecule has 7 nitrogen and oxygen atoms in total. The van der Waals surface area contributed by atoms with Crippen LogP contribution in [0.15, 0.2) is 72.8 Å². The molecule has 7 heteroatoms. The van der Waals surface area contributed by atoms with Gasteiger partial charge in [0.1, 0.15) is 0 Å². The zero-order valence-electron chi connectivity index (χ0n) is 21.2. The van der Waals surface area contributed by atoms with E-state index < -0.39 is 11.2 Å². The molecule has 3 aromatic rings. The molecule has 1 atom stereocenters. The van der Waals surface area contributed by atoms with E-state index in [2.05, 4.69) is 91.3 Å². The van der Waals surface area contributed by atoms with Gasteiger partial charge in [-0.3, -0.25) is 10.1 Å². The Morgan fingerprint density at radius 1 is 0.806 bits per heavy atom. The van der Waals surface area contributed by atoms with Crippen LogP contribution in [0, 0.1) is 10.1 Å². The minimum absolute atomic E-state index is 0.0189. The van der Waals surface area contributed by atoms with Crippen molar-refractivity contribution in [2.45, 2.75) is 27.1 Å². The number of hydrogen-bond donors (Lipinski definition) is 1. The second-order valence-electron chi connectivity index (χ2n) is 8.34. The number of rotatable bonds is 13. The van der Waals surface area contributed by atoms with Gasteiger partial charge >= 0.3 is 0 Å². The summed E-state index contributed by atoms with van der Waals surface area (Å²) >= 11 is 0. The third-order valence-electron chi connectivity index (χ3n) is 6.16. The normalized spacial score (nSPS) is 12.0. The third kappa shape index (κ3) is 7.41. The van der Waals surface area contributed by atoms with E-state index in [1.165, 1.54) is 30.0 Å². The summed E-state index contributed by atoms with van der Waals surface area (Å²) in [6.07, 6.45) is 3.10. The summed E-state index contributed by atoms with van der Waals surface area (Å²) in [5.74, 6) is 0. The first kappa shape index (κ1) is 26.9. The average Bonchev–Trinajstić information content (AvgIpc) is 2.91. The summed E-state index contributed by atoms with van der Waals surface area (Å²) in [6.45, 7) is 10.1. The van der Waals surface area contributed by atoms with Crippen molar-refractivity contribution in [3.05, 3.63) is 99.6 Å². The van der Waals surface area contributed by atoms with Gasteiger partial charge in [-0.05, 0) is 68.3 Å². The minimum Gasteiger partial charge on any atom is -0.372 e. The van der Waals surface area contributed by atoms with E-state index in [1.807, 2.05) is 0 Å². The van der Waals surface area contributed by atoms with Crippen LogP contribution in [0.4, 0.5) is 17.1 Å². The maximum absolute atomic E-state index is 10.8. The predicted octanol–water partition coefficient (Wildman–Crippen LogP) is 6.15. The number of aliphatic hydroxyl groups is 1. The van der Waals surface area contributed by atoms with Crippen molar-refractivity contribution in [3.63, 3.8) is 0 Å². The molecule has 0 bridgehead atoms. The standard InChI is InChI=1S/C29H35N3O4/c1-4-30(5-2)26-15-9-23(10-16-26)7-8-24-11-17-27(18-12-24)31(6-3)21-22-36-29(33)25-13-19-28(20-14-25)32(34)35/h7-20,29,33H,4-6,21-22H2,1-3H3/b8-7+/t29-/m0/s1. The number of ether oxygens (including phenoxy) is 1. The number of aliphatic hydroxyl groups excluding tert-OH is 1. The lowest BCUT2D eigenvalue weighted by atomic mass is 10.1. The van der Waals surface area contributed by atoms with Gasteiger partial charge in [0.25, 0.3) is 5.69 Å². The SMILES string of the molecule is CCN(CC)c1ccc(/C=C/c2ccc(N(CC)CCO[C@H](O)c3ccc([N+](=O)[O-])cc3)cc2)cc1. The highest BCUT2D eigenvalue weighted by molar-refractivity contribution is 5.71. The summed E-state index contributed by atoms with van der Waals surface area (Å²) in [6, 6.07) is 22.7. The Morgan fingerprint density at radius 3 is 1.72 bits per heavy atom. The lowest BCUT2D eigenvalue weighted by molar-refractivity contribution is -0.384. The quantitative estimate of drug-likeness (QED) is 0.134. The van der Waals surface area contributed by atoms with Gasteiger partial charge in [-0.2, -0.15) is 0 Å². The number of nitro groups is 1. The van der Waals surface area contributed by atoms with Crippen LogP contribution in [0.25, 0.3) is 12.2 Å². The Bertz CT molecular complexity index is 1110. The molecule has 1 N–H and O–H groups in total. The monoisotopic (exact) mass is 489 g/mol. The van der Waals surface area contributed by atoms with Crippen LogP contribution in [0.3, 0.4) is 0 Å². The predicted molar refractivity (Wildman–Crippen MR) is 147 cm³/mol. The summed E-state index contributed by atoms with van der Waals surface area (Å²) < 4.78 is 5.56. The molecular weight excluding hydrogens is 454 g/mol. The van der Waals surface area contributed by atoms with Gasteiger partial charge < -0.3 is 19.6 Å². The molecule has 0 heterocycles. The molecule has 3 aromatic carbocycles. The van der Waals surface area contributed by atoms with E-state index in [0.29, 0.717) is 18.7 Å². The molecule has 0 saturated carbocycles. The van der Waals surface area contributed by atoms with Gasteiger partial charge in [-0.15, -0.1) is 0 Å². The van der Waals surface area contributed by atoms with E-state index in [4.69, 9.17) is 4.74 Å². The summed E-state index contributed by atoms with van der Waals surface area (Å²) in [4.78, 5) is 14.8. The Hall–Kier alpha value is -3.68. The second-order valence-corrected chi connectivity index (χ2v) is 8.34. The molecule has 0 radical (unpaired) electrons. The zero-order valence-corrected chi connectivity index (χ0v) is 21.2. The summed E-state index contributed by atoms with van der Waals surface area (Å²) in [5.41, 5.74) is 5.07. The van der Waals surface area contributed by atoms with Crippen molar-refractivity contribution in [1.82, 2.24) is 0 Å². The molecular formula is C29H35N3O4. The lowest BCUT2D eigenvalue weighted by Gasteiger charge is -2.24. The Labute approximate surface area is 213 Å². The average molecular weight is 490 g/mol. The highest BCUT2D eigenvalue weighted by atomic mass is 16.6. The third-order valence-corrected chi connectivity index (χ3v) is 6.16. The highest BCUT2D eigenvalue weighted by Gasteiger charge is 2.12. The second kappa shape index (κ2) is 13.4. The van der Waals surface area contributed by atoms with Crippen molar-refractivity contribution in [2.75, 3.05) is 42.6 Å². The number of nitrogens with zero attached hydrogens (tertiary/aromatic N) is 3. The maximum Gasteiger partial charge on any atom is 0.269 e. The fraction of sp³-hybridized carbons (Fsp3) is 0.310. The first-order valence-corrected chi connectivity index (χ1v) is 12.4. The number of non-ortho nitro benzene ring substituents is 1. The Balaban J connectivity index is 1.52. The number of hydrogen-bond acceptors (Lipinski definition) is 6. The zero-order chi connectivity index (χ0) is 25.9. The van der Waals surface area contributed by atoms with E-state index in [0.717, 1.165) is 36.4 Å². The number of nitro benzene ring substituents is 1. The van der Waals surface area contributed by atoms with E-state index in [-0.39, 0.29) is 5.69 Å². The van der Waals surface area contributed by atoms with Crippen LogP contribution in [-0.4, -0.2) is 42.8 Å².